The van der Waals surface area contributed by atoms with Crippen LogP contribution >= 0.6 is 0 Å². The van der Waals surface area contributed by atoms with E-state index in [0.29, 0.717) is 6.04 Å². The minimum Gasteiger partial charge on any atom is -0.347 e. The molecule has 0 radical (unpaired) electrons. The van der Waals surface area contributed by atoms with Crippen LogP contribution in [0.15, 0.2) is 30.5 Å². The van der Waals surface area contributed by atoms with Gasteiger partial charge >= 0.3 is 0 Å². The first-order valence-electron chi connectivity index (χ1n) is 5.53. The molecule has 1 aromatic heterocycles. The van der Waals surface area contributed by atoms with Gasteiger partial charge in [-0.1, -0.05) is 18.2 Å². The van der Waals surface area contributed by atoms with Gasteiger partial charge < -0.3 is 9.88 Å². The van der Waals surface area contributed by atoms with Crippen molar-refractivity contribution in [3.8, 4) is 0 Å². The Morgan fingerprint density at radius 1 is 1.33 bits per heavy atom. The lowest BCUT2D eigenvalue weighted by molar-refractivity contribution is 0.651. The van der Waals surface area contributed by atoms with Crippen molar-refractivity contribution in [2.75, 3.05) is 7.05 Å². The lowest BCUT2D eigenvalue weighted by atomic mass is 10.1. The summed E-state index contributed by atoms with van der Waals surface area (Å²) in [6.07, 6.45) is 2.16. The molecule has 1 atom stereocenters. The summed E-state index contributed by atoms with van der Waals surface area (Å²) in [6.45, 7) is 5.40. The van der Waals surface area contributed by atoms with E-state index in [1.165, 1.54) is 16.5 Å². The van der Waals surface area contributed by atoms with Crippen LogP contribution in [0.2, 0.25) is 0 Å². The average molecular weight is 202 g/mol. The van der Waals surface area contributed by atoms with Crippen LogP contribution in [0.1, 0.15) is 25.5 Å². The number of nitrogens with zero attached hydrogens (tertiary/aromatic N) is 1. The molecule has 1 N–H and O–H groups in total. The molecule has 2 heteroatoms. The van der Waals surface area contributed by atoms with E-state index >= 15 is 0 Å². The Bertz CT molecular complexity index is 457. The van der Waals surface area contributed by atoms with Gasteiger partial charge in [0.15, 0.2) is 0 Å². The highest BCUT2D eigenvalue weighted by atomic mass is 15.0. The minimum atomic E-state index is 0.397. The normalized spacial score (nSPS) is 13.3. The molecule has 15 heavy (non-hydrogen) atoms. The van der Waals surface area contributed by atoms with Gasteiger partial charge in [0, 0.05) is 18.8 Å². The third-order valence-corrected chi connectivity index (χ3v) is 3.06. The van der Waals surface area contributed by atoms with Crippen LogP contribution in [0.25, 0.3) is 10.9 Å². The number of para-hydroxylation sites is 1. The van der Waals surface area contributed by atoms with E-state index in [2.05, 4.69) is 54.2 Å². The summed E-state index contributed by atoms with van der Waals surface area (Å²) in [4.78, 5) is 0. The summed E-state index contributed by atoms with van der Waals surface area (Å²) in [5.41, 5.74) is 2.74. The predicted octanol–water partition coefficient (Wildman–Crippen LogP) is 2.94. The molecule has 0 aliphatic carbocycles. The summed E-state index contributed by atoms with van der Waals surface area (Å²) in [7, 11) is 2.00. The maximum atomic E-state index is 3.30. The minimum absolute atomic E-state index is 0.397. The van der Waals surface area contributed by atoms with Crippen molar-refractivity contribution in [1.29, 1.82) is 0 Å². The molecular formula is C13H18N2. The zero-order valence-electron chi connectivity index (χ0n) is 9.62. The molecule has 0 saturated carbocycles. The fourth-order valence-corrected chi connectivity index (χ4v) is 2.06. The third kappa shape index (κ3) is 1.65. The zero-order chi connectivity index (χ0) is 10.8. The van der Waals surface area contributed by atoms with Gasteiger partial charge in [0.25, 0.3) is 0 Å². The van der Waals surface area contributed by atoms with E-state index in [4.69, 9.17) is 0 Å². The highest BCUT2D eigenvalue weighted by Gasteiger charge is 2.09. The standard InChI is InChI=1S/C13H18N2/c1-4-15-9-8-11-6-5-7-12(13(11)15)10(2)14-3/h5-10,14H,4H2,1-3H3. The number of rotatable bonds is 3. The Balaban J connectivity index is 2.66. The van der Waals surface area contributed by atoms with Gasteiger partial charge in [0.1, 0.15) is 0 Å². The highest BCUT2D eigenvalue weighted by Crippen LogP contribution is 2.24. The summed E-state index contributed by atoms with van der Waals surface area (Å²) >= 11 is 0. The first kappa shape index (κ1) is 10.2. The topological polar surface area (TPSA) is 17.0 Å². The second-order valence-corrected chi connectivity index (χ2v) is 3.90. The van der Waals surface area contributed by atoms with Gasteiger partial charge in [0.2, 0.25) is 0 Å². The second kappa shape index (κ2) is 4.07. The number of nitrogens with one attached hydrogen (secondary N) is 1. The maximum absolute atomic E-state index is 3.30. The summed E-state index contributed by atoms with van der Waals surface area (Å²) in [6, 6.07) is 9.09. The smallest absolute Gasteiger partial charge is 0.0528 e. The fraction of sp³-hybridized carbons (Fsp3) is 0.385. The van der Waals surface area contributed by atoms with Gasteiger partial charge in [-0.05, 0) is 37.9 Å². The van der Waals surface area contributed by atoms with Crippen LogP contribution in [0.4, 0.5) is 0 Å². The van der Waals surface area contributed by atoms with E-state index in [0.717, 1.165) is 6.54 Å². The number of fused-ring (bicyclic) bond motifs is 1. The van der Waals surface area contributed by atoms with Crippen molar-refractivity contribution < 1.29 is 0 Å². The van der Waals surface area contributed by atoms with Gasteiger partial charge in [-0.2, -0.15) is 0 Å². The summed E-state index contributed by atoms with van der Waals surface area (Å²) < 4.78 is 2.30. The highest BCUT2D eigenvalue weighted by molar-refractivity contribution is 5.83. The number of hydrogen-bond donors (Lipinski definition) is 1. The largest absolute Gasteiger partial charge is 0.347 e. The number of hydrogen-bond acceptors (Lipinski definition) is 1. The molecule has 0 bridgehead atoms. The summed E-state index contributed by atoms with van der Waals surface area (Å²) in [5, 5.41) is 4.63. The quantitative estimate of drug-likeness (QED) is 0.809. The van der Waals surface area contributed by atoms with E-state index in [1.807, 2.05) is 7.05 Å². The maximum Gasteiger partial charge on any atom is 0.0528 e. The van der Waals surface area contributed by atoms with Crippen LogP contribution in [0.3, 0.4) is 0 Å². The Morgan fingerprint density at radius 3 is 2.80 bits per heavy atom. The first-order valence-corrected chi connectivity index (χ1v) is 5.53. The Morgan fingerprint density at radius 2 is 2.13 bits per heavy atom. The van der Waals surface area contributed by atoms with Crippen molar-refractivity contribution in [3.05, 3.63) is 36.0 Å². The molecule has 80 valence electrons. The second-order valence-electron chi connectivity index (χ2n) is 3.90. The Labute approximate surface area is 90.9 Å². The third-order valence-electron chi connectivity index (χ3n) is 3.06. The predicted molar refractivity (Wildman–Crippen MR) is 65.1 cm³/mol. The molecule has 1 unspecified atom stereocenters. The van der Waals surface area contributed by atoms with Crippen molar-refractivity contribution in [3.63, 3.8) is 0 Å². The molecule has 1 heterocycles. The van der Waals surface area contributed by atoms with Crippen molar-refractivity contribution in [1.82, 2.24) is 9.88 Å². The molecule has 2 aromatic rings. The van der Waals surface area contributed by atoms with Crippen molar-refractivity contribution in [2.45, 2.75) is 26.4 Å². The monoisotopic (exact) mass is 202 g/mol. The molecule has 2 nitrogen and oxygen atoms in total. The number of aryl methyl sites for hydroxylation is 1. The van der Waals surface area contributed by atoms with E-state index in [1.54, 1.807) is 0 Å². The van der Waals surface area contributed by atoms with Crippen LogP contribution in [0.5, 0.6) is 0 Å². The lowest BCUT2D eigenvalue weighted by Crippen LogP contribution is -2.13. The van der Waals surface area contributed by atoms with Gasteiger partial charge in [0.05, 0.1) is 5.52 Å². The van der Waals surface area contributed by atoms with Crippen LogP contribution in [-0.4, -0.2) is 11.6 Å². The fourth-order valence-electron chi connectivity index (χ4n) is 2.06. The lowest BCUT2D eigenvalue weighted by Gasteiger charge is -2.14. The van der Waals surface area contributed by atoms with E-state index in [9.17, 15) is 0 Å². The first-order chi connectivity index (χ1) is 7.27. The van der Waals surface area contributed by atoms with Gasteiger partial charge in [-0.25, -0.2) is 0 Å². The molecule has 2 rings (SSSR count). The Kier molecular flexibility index (Phi) is 2.78. The van der Waals surface area contributed by atoms with Crippen molar-refractivity contribution >= 4 is 10.9 Å². The molecular weight excluding hydrogens is 184 g/mol. The average Bonchev–Trinajstić information content (AvgIpc) is 2.70. The molecule has 0 amide bonds. The number of benzene rings is 1. The Hall–Kier alpha value is -1.28. The van der Waals surface area contributed by atoms with Crippen molar-refractivity contribution in [2.24, 2.45) is 0 Å². The zero-order valence-corrected chi connectivity index (χ0v) is 9.62. The number of aromatic nitrogens is 1. The molecule has 0 fully saturated rings. The van der Waals surface area contributed by atoms with Crippen LogP contribution in [0, 0.1) is 0 Å². The van der Waals surface area contributed by atoms with Gasteiger partial charge in [-0.15, -0.1) is 0 Å². The molecule has 0 spiro atoms. The van der Waals surface area contributed by atoms with Crippen LogP contribution in [-0.2, 0) is 6.54 Å². The molecule has 1 aromatic carbocycles. The SMILES string of the molecule is CCn1ccc2cccc(C(C)NC)c21. The van der Waals surface area contributed by atoms with Gasteiger partial charge in [-0.3, -0.25) is 0 Å². The summed E-state index contributed by atoms with van der Waals surface area (Å²) in [5.74, 6) is 0. The molecule has 0 aliphatic heterocycles. The van der Waals surface area contributed by atoms with E-state index in [-0.39, 0.29) is 0 Å². The van der Waals surface area contributed by atoms with Crippen LogP contribution < -0.4 is 5.32 Å². The molecule has 0 saturated heterocycles. The molecule has 0 aliphatic rings. The van der Waals surface area contributed by atoms with E-state index < -0.39 is 0 Å².